The number of anilines is 1. The van der Waals surface area contributed by atoms with Crippen LogP contribution in [0.3, 0.4) is 0 Å². The molecule has 1 aromatic carbocycles. The molecule has 4 nitrogen and oxygen atoms in total. The van der Waals surface area contributed by atoms with Crippen LogP contribution in [0.15, 0.2) is 33.7 Å². The maximum atomic E-state index is 12.8. The molecule has 0 fully saturated rings. The van der Waals surface area contributed by atoms with E-state index < -0.39 is 0 Å². The highest BCUT2D eigenvalue weighted by molar-refractivity contribution is 9.10. The lowest BCUT2D eigenvalue weighted by Gasteiger charge is -2.29. The SMILES string of the molecule is CC(C)CC#Cc1c[nH]c(=O)c2c1nc(NC(C)C(C)(C)C)c1ccc(Br)cc12. The molecule has 0 aliphatic rings. The van der Waals surface area contributed by atoms with Gasteiger partial charge in [-0.2, -0.15) is 0 Å². The van der Waals surface area contributed by atoms with Crippen molar-refractivity contribution in [2.24, 2.45) is 11.3 Å². The lowest BCUT2D eigenvalue weighted by atomic mass is 9.88. The first-order chi connectivity index (χ1) is 13.6. The zero-order valence-electron chi connectivity index (χ0n) is 17.9. The van der Waals surface area contributed by atoms with E-state index in [1.165, 1.54) is 0 Å². The Bertz CT molecular complexity index is 1180. The molecule has 0 aliphatic carbocycles. The molecular weight excluding hydrogens is 426 g/mol. The van der Waals surface area contributed by atoms with Gasteiger partial charge in [0, 0.05) is 33.9 Å². The Morgan fingerprint density at radius 2 is 1.93 bits per heavy atom. The predicted molar refractivity (Wildman–Crippen MR) is 126 cm³/mol. The van der Waals surface area contributed by atoms with Gasteiger partial charge >= 0.3 is 0 Å². The fourth-order valence-corrected chi connectivity index (χ4v) is 3.33. The Kier molecular flexibility index (Phi) is 6.05. The van der Waals surface area contributed by atoms with E-state index in [-0.39, 0.29) is 17.0 Å². The van der Waals surface area contributed by atoms with Crippen LogP contribution in [0.1, 0.15) is 53.5 Å². The molecule has 0 radical (unpaired) electrons. The average Bonchev–Trinajstić information content (AvgIpc) is 2.62. The molecule has 0 saturated carbocycles. The van der Waals surface area contributed by atoms with Crippen LogP contribution in [-0.4, -0.2) is 16.0 Å². The summed E-state index contributed by atoms with van der Waals surface area (Å²) in [6.45, 7) is 13.0. The van der Waals surface area contributed by atoms with Crippen molar-refractivity contribution in [2.75, 3.05) is 5.32 Å². The minimum Gasteiger partial charge on any atom is -0.367 e. The molecule has 5 heteroatoms. The largest absolute Gasteiger partial charge is 0.367 e. The van der Waals surface area contributed by atoms with Gasteiger partial charge in [0.05, 0.1) is 16.5 Å². The monoisotopic (exact) mass is 453 g/mol. The van der Waals surface area contributed by atoms with Gasteiger partial charge in [-0.25, -0.2) is 4.98 Å². The molecule has 29 heavy (non-hydrogen) atoms. The molecule has 0 aliphatic heterocycles. The van der Waals surface area contributed by atoms with E-state index >= 15 is 0 Å². The predicted octanol–water partition coefficient (Wildman–Crippen LogP) is 6.08. The van der Waals surface area contributed by atoms with Gasteiger partial charge in [0.25, 0.3) is 5.56 Å². The minimum atomic E-state index is -0.152. The smallest absolute Gasteiger partial charge is 0.258 e. The third-order valence-electron chi connectivity index (χ3n) is 5.18. The lowest BCUT2D eigenvalue weighted by molar-refractivity contribution is 0.359. The molecule has 0 amide bonds. The number of aromatic nitrogens is 2. The summed E-state index contributed by atoms with van der Waals surface area (Å²) in [6, 6.07) is 6.15. The summed E-state index contributed by atoms with van der Waals surface area (Å²) < 4.78 is 0.919. The van der Waals surface area contributed by atoms with E-state index in [0.29, 0.717) is 16.8 Å². The minimum absolute atomic E-state index is 0.0619. The Morgan fingerprint density at radius 3 is 2.59 bits per heavy atom. The quantitative estimate of drug-likeness (QED) is 0.372. The number of fused-ring (bicyclic) bond motifs is 3. The van der Waals surface area contributed by atoms with E-state index in [1.807, 2.05) is 18.2 Å². The van der Waals surface area contributed by atoms with Crippen molar-refractivity contribution in [1.29, 1.82) is 0 Å². The number of pyridine rings is 2. The van der Waals surface area contributed by atoms with Crippen LogP contribution < -0.4 is 10.9 Å². The molecule has 0 spiro atoms. The second-order valence-electron chi connectivity index (χ2n) is 9.04. The summed E-state index contributed by atoms with van der Waals surface area (Å²) in [7, 11) is 0. The normalized spacial score (nSPS) is 12.8. The van der Waals surface area contributed by atoms with Crippen LogP contribution in [-0.2, 0) is 0 Å². The standard InChI is InChI=1S/C24H28BrN3O/c1-14(2)8-7-9-16-13-26-23(29)20-19-12-17(25)10-11-18(19)22(28-21(16)20)27-15(3)24(4,5)6/h10-15H,8H2,1-6H3,(H,26,29)(H,27,28). The second-order valence-corrected chi connectivity index (χ2v) is 9.95. The van der Waals surface area contributed by atoms with Gasteiger partial charge in [0.15, 0.2) is 0 Å². The van der Waals surface area contributed by atoms with E-state index in [4.69, 9.17) is 4.98 Å². The molecule has 2 heterocycles. The summed E-state index contributed by atoms with van der Waals surface area (Å²) in [5.41, 5.74) is 1.29. The Labute approximate surface area is 180 Å². The molecule has 3 aromatic rings. The third-order valence-corrected chi connectivity index (χ3v) is 5.68. The number of rotatable bonds is 3. The molecule has 0 saturated heterocycles. The molecule has 0 bridgehead atoms. The molecule has 1 atom stereocenters. The van der Waals surface area contributed by atoms with Crippen molar-refractivity contribution < 1.29 is 0 Å². The van der Waals surface area contributed by atoms with Crippen LogP contribution in [0.25, 0.3) is 21.7 Å². The zero-order chi connectivity index (χ0) is 21.3. The van der Waals surface area contributed by atoms with Gasteiger partial charge in [-0.15, -0.1) is 0 Å². The van der Waals surface area contributed by atoms with E-state index in [2.05, 4.69) is 79.6 Å². The highest BCUT2D eigenvalue weighted by Crippen LogP contribution is 2.33. The second kappa shape index (κ2) is 8.20. The fraction of sp³-hybridized carbons (Fsp3) is 0.417. The van der Waals surface area contributed by atoms with Gasteiger partial charge in [-0.3, -0.25) is 4.79 Å². The van der Waals surface area contributed by atoms with Crippen LogP contribution in [0.2, 0.25) is 0 Å². The van der Waals surface area contributed by atoms with E-state index in [1.54, 1.807) is 6.20 Å². The molecule has 1 unspecified atom stereocenters. The van der Waals surface area contributed by atoms with Crippen molar-refractivity contribution in [1.82, 2.24) is 9.97 Å². The summed E-state index contributed by atoms with van der Waals surface area (Å²) in [5.74, 6) is 7.70. The maximum Gasteiger partial charge on any atom is 0.258 e. The average molecular weight is 454 g/mol. The van der Waals surface area contributed by atoms with Crippen molar-refractivity contribution >= 4 is 43.4 Å². The molecule has 152 valence electrons. The van der Waals surface area contributed by atoms with Gasteiger partial charge in [-0.05, 0) is 36.5 Å². The number of benzene rings is 1. The molecule has 3 rings (SSSR count). The number of aromatic amines is 1. The van der Waals surface area contributed by atoms with Gasteiger partial charge in [0.2, 0.25) is 0 Å². The number of nitrogens with one attached hydrogen (secondary N) is 2. The number of nitrogens with zero attached hydrogens (tertiary/aromatic N) is 1. The first kappa shape index (κ1) is 21.4. The number of hydrogen-bond acceptors (Lipinski definition) is 3. The third kappa shape index (κ3) is 4.64. The van der Waals surface area contributed by atoms with Gasteiger partial charge in [-0.1, -0.05) is 62.4 Å². The highest BCUT2D eigenvalue weighted by atomic mass is 79.9. The van der Waals surface area contributed by atoms with Crippen molar-refractivity contribution in [3.63, 3.8) is 0 Å². The highest BCUT2D eigenvalue weighted by Gasteiger charge is 2.22. The number of hydrogen-bond donors (Lipinski definition) is 2. The first-order valence-electron chi connectivity index (χ1n) is 9.98. The zero-order valence-corrected chi connectivity index (χ0v) is 19.5. The topological polar surface area (TPSA) is 57.8 Å². The van der Waals surface area contributed by atoms with E-state index in [9.17, 15) is 4.79 Å². The van der Waals surface area contributed by atoms with Crippen molar-refractivity contribution in [3.8, 4) is 11.8 Å². The Morgan fingerprint density at radius 1 is 1.21 bits per heavy atom. The Balaban J connectivity index is 2.32. The molecular formula is C24H28BrN3O. The van der Waals surface area contributed by atoms with Crippen molar-refractivity contribution in [2.45, 2.75) is 54.0 Å². The lowest BCUT2D eigenvalue weighted by Crippen LogP contribution is -2.31. The summed E-state index contributed by atoms with van der Waals surface area (Å²) in [6.07, 6.45) is 2.47. The molecule has 2 aromatic heterocycles. The molecule has 2 N–H and O–H groups in total. The van der Waals surface area contributed by atoms with Crippen LogP contribution >= 0.6 is 15.9 Å². The summed E-state index contributed by atoms with van der Waals surface area (Å²) in [4.78, 5) is 20.5. The maximum absolute atomic E-state index is 12.8. The fourth-order valence-electron chi connectivity index (χ4n) is 2.97. The van der Waals surface area contributed by atoms with Gasteiger partial charge < -0.3 is 10.3 Å². The summed E-state index contributed by atoms with van der Waals surface area (Å²) >= 11 is 3.55. The number of H-pyrrole nitrogens is 1. The number of halogens is 1. The van der Waals surface area contributed by atoms with Gasteiger partial charge in [0.1, 0.15) is 5.82 Å². The van der Waals surface area contributed by atoms with Crippen LogP contribution in [0.5, 0.6) is 0 Å². The summed E-state index contributed by atoms with van der Waals surface area (Å²) in [5, 5.41) is 5.93. The van der Waals surface area contributed by atoms with Crippen LogP contribution in [0.4, 0.5) is 5.82 Å². The van der Waals surface area contributed by atoms with E-state index in [0.717, 1.165) is 33.0 Å². The van der Waals surface area contributed by atoms with Crippen molar-refractivity contribution in [3.05, 3.63) is 44.8 Å². The van der Waals surface area contributed by atoms with Crippen LogP contribution in [0, 0.1) is 23.2 Å². The Hall–Kier alpha value is -2.32. The first-order valence-corrected chi connectivity index (χ1v) is 10.8.